The first-order chi connectivity index (χ1) is 10.0. The van der Waals surface area contributed by atoms with Crippen LogP contribution in [0.2, 0.25) is 0 Å². The number of imidazole rings is 1. The van der Waals surface area contributed by atoms with E-state index in [1.54, 1.807) is 0 Å². The summed E-state index contributed by atoms with van der Waals surface area (Å²) in [6, 6.07) is 4.12. The standard InChI is InChI=1S/C16H18ClN3O/c1-9-5-6-18-16-15(9)19-14(8-17)20(16)11(3)13-7-10(2)21-12(13)4/h5-7,11H,8H2,1-4H3. The van der Waals surface area contributed by atoms with E-state index < -0.39 is 0 Å². The zero-order valence-corrected chi connectivity index (χ0v) is 13.4. The van der Waals surface area contributed by atoms with Crippen molar-refractivity contribution in [3.05, 3.63) is 46.8 Å². The smallest absolute Gasteiger partial charge is 0.160 e. The van der Waals surface area contributed by atoms with Crippen molar-refractivity contribution in [2.24, 2.45) is 0 Å². The lowest BCUT2D eigenvalue weighted by Crippen LogP contribution is -2.10. The molecule has 21 heavy (non-hydrogen) atoms. The van der Waals surface area contributed by atoms with Crippen molar-refractivity contribution >= 4 is 22.8 Å². The molecule has 0 aliphatic heterocycles. The van der Waals surface area contributed by atoms with Crippen LogP contribution in [-0.4, -0.2) is 14.5 Å². The van der Waals surface area contributed by atoms with Gasteiger partial charge in [-0.2, -0.15) is 0 Å². The van der Waals surface area contributed by atoms with Crippen LogP contribution in [0.25, 0.3) is 11.2 Å². The molecular formula is C16H18ClN3O. The van der Waals surface area contributed by atoms with E-state index >= 15 is 0 Å². The lowest BCUT2D eigenvalue weighted by Gasteiger charge is -2.15. The first-order valence-electron chi connectivity index (χ1n) is 6.98. The maximum Gasteiger partial charge on any atom is 0.160 e. The second-order valence-electron chi connectivity index (χ2n) is 5.38. The second-order valence-corrected chi connectivity index (χ2v) is 5.64. The van der Waals surface area contributed by atoms with Gasteiger partial charge in [0.25, 0.3) is 0 Å². The number of aryl methyl sites for hydroxylation is 3. The molecule has 1 atom stereocenters. The minimum atomic E-state index is 0.0792. The van der Waals surface area contributed by atoms with Crippen molar-refractivity contribution in [2.45, 2.75) is 39.6 Å². The molecule has 0 aliphatic carbocycles. The average Bonchev–Trinajstić information content (AvgIpc) is 2.99. The molecule has 4 nitrogen and oxygen atoms in total. The Morgan fingerprint density at radius 2 is 2.10 bits per heavy atom. The SMILES string of the molecule is Cc1cc(C(C)n2c(CCl)nc3c(C)ccnc32)c(C)o1. The molecule has 3 rings (SSSR count). The predicted molar refractivity (Wildman–Crippen MR) is 83.8 cm³/mol. The number of nitrogens with zero attached hydrogens (tertiary/aromatic N) is 3. The van der Waals surface area contributed by atoms with Gasteiger partial charge in [-0.25, -0.2) is 9.97 Å². The number of furan rings is 1. The topological polar surface area (TPSA) is 43.9 Å². The Balaban J connectivity index is 2.23. The number of fused-ring (bicyclic) bond motifs is 1. The van der Waals surface area contributed by atoms with E-state index in [4.69, 9.17) is 16.0 Å². The molecule has 1 unspecified atom stereocenters. The van der Waals surface area contributed by atoms with Crippen molar-refractivity contribution < 1.29 is 4.42 Å². The van der Waals surface area contributed by atoms with Crippen LogP contribution < -0.4 is 0 Å². The third-order valence-electron chi connectivity index (χ3n) is 3.89. The van der Waals surface area contributed by atoms with Gasteiger partial charge >= 0.3 is 0 Å². The minimum Gasteiger partial charge on any atom is -0.466 e. The molecule has 0 N–H and O–H groups in total. The highest BCUT2D eigenvalue weighted by Crippen LogP contribution is 2.30. The molecule has 3 aromatic heterocycles. The van der Waals surface area contributed by atoms with Gasteiger partial charge in [0.1, 0.15) is 22.9 Å². The summed E-state index contributed by atoms with van der Waals surface area (Å²) in [5.41, 5.74) is 4.04. The van der Waals surface area contributed by atoms with Crippen molar-refractivity contribution in [1.29, 1.82) is 0 Å². The Kier molecular flexibility index (Phi) is 3.49. The van der Waals surface area contributed by atoms with Crippen LogP contribution >= 0.6 is 11.6 Å². The Hall–Kier alpha value is -1.81. The van der Waals surface area contributed by atoms with Gasteiger partial charge in [-0.1, -0.05) is 0 Å². The third-order valence-corrected chi connectivity index (χ3v) is 4.13. The molecule has 0 saturated heterocycles. The van der Waals surface area contributed by atoms with Crippen LogP contribution in [0.5, 0.6) is 0 Å². The summed E-state index contributed by atoms with van der Waals surface area (Å²) in [5.74, 6) is 3.03. The largest absolute Gasteiger partial charge is 0.466 e. The molecule has 0 spiro atoms. The molecule has 0 saturated carbocycles. The number of aromatic nitrogens is 3. The third kappa shape index (κ3) is 2.23. The van der Waals surface area contributed by atoms with Gasteiger partial charge in [0.2, 0.25) is 0 Å². The van der Waals surface area contributed by atoms with Crippen molar-refractivity contribution in [2.75, 3.05) is 0 Å². The maximum atomic E-state index is 6.10. The van der Waals surface area contributed by atoms with Crippen LogP contribution in [0.1, 0.15) is 41.4 Å². The fraction of sp³-hybridized carbons (Fsp3) is 0.375. The zero-order chi connectivity index (χ0) is 15.1. The van der Waals surface area contributed by atoms with Crippen LogP contribution in [0, 0.1) is 20.8 Å². The van der Waals surface area contributed by atoms with Crippen LogP contribution in [0.4, 0.5) is 0 Å². The van der Waals surface area contributed by atoms with Gasteiger partial charge in [0.15, 0.2) is 5.65 Å². The van der Waals surface area contributed by atoms with Gasteiger partial charge in [0.05, 0.1) is 11.9 Å². The molecule has 3 heterocycles. The number of halogens is 1. The minimum absolute atomic E-state index is 0.0792. The molecule has 0 aliphatic rings. The monoisotopic (exact) mass is 303 g/mol. The van der Waals surface area contributed by atoms with Crippen molar-refractivity contribution in [3.63, 3.8) is 0 Å². The zero-order valence-electron chi connectivity index (χ0n) is 12.6. The number of rotatable bonds is 3. The van der Waals surface area contributed by atoms with Crippen LogP contribution in [0.15, 0.2) is 22.7 Å². The quantitative estimate of drug-likeness (QED) is 0.678. The van der Waals surface area contributed by atoms with E-state index in [1.807, 2.05) is 33.0 Å². The highest BCUT2D eigenvalue weighted by molar-refractivity contribution is 6.16. The summed E-state index contributed by atoms with van der Waals surface area (Å²) in [7, 11) is 0. The Morgan fingerprint density at radius 3 is 2.71 bits per heavy atom. The Bertz CT molecular complexity index is 803. The van der Waals surface area contributed by atoms with Gasteiger partial charge in [-0.05, 0) is 45.4 Å². The highest BCUT2D eigenvalue weighted by Gasteiger charge is 2.21. The molecule has 5 heteroatoms. The van der Waals surface area contributed by atoms with E-state index in [2.05, 4.69) is 27.5 Å². The maximum absolute atomic E-state index is 6.10. The fourth-order valence-electron chi connectivity index (χ4n) is 2.86. The number of pyridine rings is 1. The summed E-state index contributed by atoms with van der Waals surface area (Å²) in [4.78, 5) is 9.16. The number of hydrogen-bond donors (Lipinski definition) is 0. The molecule has 0 aromatic carbocycles. The molecule has 0 bridgehead atoms. The van der Waals surface area contributed by atoms with E-state index in [0.29, 0.717) is 5.88 Å². The number of alkyl halides is 1. The first kappa shape index (κ1) is 14.1. The number of hydrogen-bond acceptors (Lipinski definition) is 3. The summed E-state index contributed by atoms with van der Waals surface area (Å²) in [6.45, 7) is 8.10. The van der Waals surface area contributed by atoms with Crippen molar-refractivity contribution in [1.82, 2.24) is 14.5 Å². The fourth-order valence-corrected chi connectivity index (χ4v) is 3.05. The van der Waals surface area contributed by atoms with E-state index in [1.165, 1.54) is 0 Å². The van der Waals surface area contributed by atoms with Gasteiger partial charge in [-0.15, -0.1) is 11.6 Å². The van der Waals surface area contributed by atoms with Crippen molar-refractivity contribution in [3.8, 4) is 0 Å². The summed E-state index contributed by atoms with van der Waals surface area (Å²) in [6.07, 6.45) is 1.81. The molecular weight excluding hydrogens is 286 g/mol. The average molecular weight is 304 g/mol. The molecule has 0 amide bonds. The molecule has 110 valence electrons. The van der Waals surface area contributed by atoms with Gasteiger partial charge in [-0.3, -0.25) is 0 Å². The predicted octanol–water partition coefficient (Wildman–Crippen LogP) is 4.30. The van der Waals surface area contributed by atoms with E-state index in [0.717, 1.165) is 39.6 Å². The lowest BCUT2D eigenvalue weighted by atomic mass is 10.1. The lowest BCUT2D eigenvalue weighted by molar-refractivity contribution is 0.494. The molecule has 3 aromatic rings. The molecule has 0 radical (unpaired) electrons. The Labute approximate surface area is 128 Å². The molecule has 0 fully saturated rings. The summed E-state index contributed by atoms with van der Waals surface area (Å²) in [5, 5.41) is 0. The Morgan fingerprint density at radius 1 is 1.33 bits per heavy atom. The van der Waals surface area contributed by atoms with Crippen LogP contribution in [0.3, 0.4) is 0 Å². The normalized spacial score (nSPS) is 13.0. The van der Waals surface area contributed by atoms with Gasteiger partial charge in [0, 0.05) is 11.8 Å². The van der Waals surface area contributed by atoms with E-state index in [-0.39, 0.29) is 6.04 Å². The van der Waals surface area contributed by atoms with Gasteiger partial charge < -0.3 is 8.98 Å². The first-order valence-corrected chi connectivity index (χ1v) is 7.51. The van der Waals surface area contributed by atoms with Crippen LogP contribution in [-0.2, 0) is 5.88 Å². The second kappa shape index (κ2) is 5.19. The van der Waals surface area contributed by atoms with E-state index in [9.17, 15) is 0 Å². The summed E-state index contributed by atoms with van der Waals surface area (Å²) < 4.78 is 7.76. The highest BCUT2D eigenvalue weighted by atomic mass is 35.5. The summed E-state index contributed by atoms with van der Waals surface area (Å²) >= 11 is 6.10.